The molecule has 0 unspecified atom stereocenters. The van der Waals surface area contributed by atoms with Crippen LogP contribution in [0.5, 0.6) is 0 Å². The Morgan fingerprint density at radius 3 is 2.80 bits per heavy atom. The van der Waals surface area contributed by atoms with Gasteiger partial charge in [0.2, 0.25) is 0 Å². The molecule has 1 saturated heterocycles. The standard InChI is InChI=1S/C15H23N5/c1-4-12-13(10-19(3)18-12)20-11-17-9-14(20)15(2)5-7-16-8-6-15/h9-11,16H,4-8H2,1-3H3. The molecule has 1 N–H and O–H groups in total. The van der Waals surface area contributed by atoms with E-state index in [0.717, 1.165) is 38.0 Å². The maximum atomic E-state index is 4.55. The lowest BCUT2D eigenvalue weighted by atomic mass is 9.78. The van der Waals surface area contributed by atoms with Gasteiger partial charge in [0.25, 0.3) is 0 Å². The van der Waals surface area contributed by atoms with Crippen LogP contribution in [0.25, 0.3) is 5.69 Å². The lowest BCUT2D eigenvalue weighted by Crippen LogP contribution is -2.38. The molecule has 0 aromatic carbocycles. The molecule has 3 heterocycles. The summed E-state index contributed by atoms with van der Waals surface area (Å²) in [6, 6.07) is 0. The first-order valence-corrected chi connectivity index (χ1v) is 7.40. The van der Waals surface area contributed by atoms with Crippen molar-refractivity contribution in [1.29, 1.82) is 0 Å². The quantitative estimate of drug-likeness (QED) is 0.928. The fraction of sp³-hybridized carbons (Fsp3) is 0.600. The van der Waals surface area contributed by atoms with Crippen molar-refractivity contribution in [2.45, 2.75) is 38.5 Å². The number of aryl methyl sites for hydroxylation is 2. The molecular formula is C15H23N5. The van der Waals surface area contributed by atoms with E-state index in [4.69, 9.17) is 0 Å². The number of nitrogens with zero attached hydrogens (tertiary/aromatic N) is 4. The first kappa shape index (κ1) is 13.4. The van der Waals surface area contributed by atoms with Gasteiger partial charge in [0.15, 0.2) is 0 Å². The molecule has 0 saturated carbocycles. The number of hydrogen-bond acceptors (Lipinski definition) is 3. The summed E-state index contributed by atoms with van der Waals surface area (Å²) in [5.74, 6) is 0. The van der Waals surface area contributed by atoms with Crippen molar-refractivity contribution >= 4 is 0 Å². The van der Waals surface area contributed by atoms with Crippen molar-refractivity contribution in [3.05, 3.63) is 30.1 Å². The molecular weight excluding hydrogens is 250 g/mol. The van der Waals surface area contributed by atoms with Crippen LogP contribution in [-0.4, -0.2) is 32.4 Å². The second kappa shape index (κ2) is 5.05. The van der Waals surface area contributed by atoms with Crippen molar-refractivity contribution in [2.24, 2.45) is 7.05 Å². The largest absolute Gasteiger partial charge is 0.317 e. The van der Waals surface area contributed by atoms with Gasteiger partial charge in [-0.1, -0.05) is 13.8 Å². The van der Waals surface area contributed by atoms with Crippen molar-refractivity contribution < 1.29 is 0 Å². The van der Waals surface area contributed by atoms with Crippen LogP contribution in [0.4, 0.5) is 0 Å². The third-order valence-corrected chi connectivity index (χ3v) is 4.44. The number of nitrogens with one attached hydrogen (secondary N) is 1. The predicted octanol–water partition coefficient (Wildman–Crippen LogP) is 1.81. The fourth-order valence-corrected chi connectivity index (χ4v) is 3.14. The third kappa shape index (κ3) is 2.16. The highest BCUT2D eigenvalue weighted by Crippen LogP contribution is 2.34. The molecule has 1 aliphatic heterocycles. The Morgan fingerprint density at radius 1 is 1.35 bits per heavy atom. The molecule has 0 radical (unpaired) electrons. The minimum atomic E-state index is 0.197. The lowest BCUT2D eigenvalue weighted by molar-refractivity contribution is 0.324. The van der Waals surface area contributed by atoms with Crippen molar-refractivity contribution in [1.82, 2.24) is 24.6 Å². The van der Waals surface area contributed by atoms with E-state index in [1.807, 2.05) is 24.3 Å². The van der Waals surface area contributed by atoms with E-state index in [9.17, 15) is 0 Å². The summed E-state index contributed by atoms with van der Waals surface area (Å²) in [7, 11) is 1.98. The number of rotatable bonds is 3. The Kier molecular flexibility index (Phi) is 3.38. The molecule has 2 aromatic heterocycles. The van der Waals surface area contributed by atoms with Gasteiger partial charge in [-0.2, -0.15) is 5.10 Å². The summed E-state index contributed by atoms with van der Waals surface area (Å²) in [6.07, 6.45) is 9.29. The molecule has 5 heteroatoms. The molecule has 0 aliphatic carbocycles. The maximum absolute atomic E-state index is 4.55. The number of aromatic nitrogens is 4. The van der Waals surface area contributed by atoms with Crippen LogP contribution in [0.2, 0.25) is 0 Å². The van der Waals surface area contributed by atoms with E-state index in [1.54, 1.807) is 0 Å². The average Bonchev–Trinajstić information content (AvgIpc) is 3.05. The van der Waals surface area contributed by atoms with E-state index < -0.39 is 0 Å². The highest BCUT2D eigenvalue weighted by atomic mass is 15.3. The summed E-state index contributed by atoms with van der Waals surface area (Å²) in [5, 5.41) is 7.99. The molecule has 108 valence electrons. The fourth-order valence-electron chi connectivity index (χ4n) is 3.14. The first-order valence-electron chi connectivity index (χ1n) is 7.40. The summed E-state index contributed by atoms with van der Waals surface area (Å²) >= 11 is 0. The van der Waals surface area contributed by atoms with Crippen LogP contribution in [0.15, 0.2) is 18.7 Å². The highest BCUT2D eigenvalue weighted by Gasteiger charge is 2.32. The molecule has 0 amide bonds. The predicted molar refractivity (Wildman–Crippen MR) is 79.2 cm³/mol. The lowest BCUT2D eigenvalue weighted by Gasteiger charge is -2.34. The van der Waals surface area contributed by atoms with Gasteiger partial charge < -0.3 is 5.32 Å². The van der Waals surface area contributed by atoms with Crippen molar-refractivity contribution in [2.75, 3.05) is 13.1 Å². The van der Waals surface area contributed by atoms with Crippen LogP contribution < -0.4 is 5.32 Å². The van der Waals surface area contributed by atoms with Gasteiger partial charge in [-0.15, -0.1) is 0 Å². The Labute approximate surface area is 120 Å². The van der Waals surface area contributed by atoms with Crippen molar-refractivity contribution in [3.8, 4) is 5.69 Å². The minimum absolute atomic E-state index is 0.197. The van der Waals surface area contributed by atoms with Gasteiger partial charge in [-0.05, 0) is 32.4 Å². The number of piperidine rings is 1. The van der Waals surface area contributed by atoms with Gasteiger partial charge in [0.05, 0.1) is 17.7 Å². The highest BCUT2D eigenvalue weighted by molar-refractivity contribution is 5.38. The summed E-state index contributed by atoms with van der Waals surface area (Å²) in [6.45, 7) is 6.66. The van der Waals surface area contributed by atoms with E-state index in [2.05, 4.69) is 40.0 Å². The van der Waals surface area contributed by atoms with Gasteiger partial charge in [-0.3, -0.25) is 9.25 Å². The van der Waals surface area contributed by atoms with Crippen LogP contribution in [0, 0.1) is 0 Å². The van der Waals surface area contributed by atoms with Crippen LogP contribution in [-0.2, 0) is 18.9 Å². The Balaban J connectivity index is 2.05. The smallest absolute Gasteiger partial charge is 0.0995 e. The molecule has 5 nitrogen and oxygen atoms in total. The zero-order valence-electron chi connectivity index (χ0n) is 12.6. The molecule has 0 spiro atoms. The zero-order valence-corrected chi connectivity index (χ0v) is 12.6. The van der Waals surface area contributed by atoms with Gasteiger partial charge in [-0.25, -0.2) is 4.98 Å². The molecule has 1 aliphatic rings. The van der Waals surface area contributed by atoms with E-state index in [-0.39, 0.29) is 5.41 Å². The SMILES string of the molecule is CCc1nn(C)cc1-n1cncc1C1(C)CCNCC1. The van der Waals surface area contributed by atoms with Gasteiger partial charge in [0, 0.05) is 30.6 Å². The second-order valence-electron chi connectivity index (χ2n) is 5.95. The first-order chi connectivity index (χ1) is 9.64. The van der Waals surface area contributed by atoms with Crippen LogP contribution in [0.1, 0.15) is 38.1 Å². The zero-order chi connectivity index (χ0) is 14.2. The van der Waals surface area contributed by atoms with E-state index in [0.29, 0.717) is 0 Å². The number of hydrogen-bond donors (Lipinski definition) is 1. The molecule has 3 rings (SSSR count). The monoisotopic (exact) mass is 273 g/mol. The van der Waals surface area contributed by atoms with E-state index >= 15 is 0 Å². The van der Waals surface area contributed by atoms with Crippen molar-refractivity contribution in [3.63, 3.8) is 0 Å². The number of imidazole rings is 1. The summed E-state index contributed by atoms with van der Waals surface area (Å²) in [4.78, 5) is 4.41. The minimum Gasteiger partial charge on any atom is -0.317 e. The average molecular weight is 273 g/mol. The molecule has 2 aromatic rings. The topological polar surface area (TPSA) is 47.7 Å². The van der Waals surface area contributed by atoms with Crippen LogP contribution in [0.3, 0.4) is 0 Å². The normalized spacial score (nSPS) is 18.4. The van der Waals surface area contributed by atoms with Gasteiger partial charge >= 0.3 is 0 Å². The van der Waals surface area contributed by atoms with Crippen LogP contribution >= 0.6 is 0 Å². The third-order valence-electron chi connectivity index (χ3n) is 4.44. The summed E-state index contributed by atoms with van der Waals surface area (Å²) < 4.78 is 4.12. The molecule has 0 atom stereocenters. The maximum Gasteiger partial charge on any atom is 0.0995 e. The Bertz CT molecular complexity index is 589. The molecule has 0 bridgehead atoms. The molecule has 20 heavy (non-hydrogen) atoms. The van der Waals surface area contributed by atoms with Gasteiger partial charge in [0.1, 0.15) is 0 Å². The Morgan fingerprint density at radius 2 is 2.10 bits per heavy atom. The summed E-state index contributed by atoms with van der Waals surface area (Å²) in [5.41, 5.74) is 3.80. The second-order valence-corrected chi connectivity index (χ2v) is 5.95. The molecule has 1 fully saturated rings. The Hall–Kier alpha value is -1.62. The van der Waals surface area contributed by atoms with E-state index in [1.165, 1.54) is 11.4 Å².